The fraction of sp³-hybridized carbons (Fsp3) is 0.269. The van der Waals surface area contributed by atoms with Crippen molar-refractivity contribution in [2.75, 3.05) is 17.8 Å². The van der Waals surface area contributed by atoms with Crippen LogP contribution in [0, 0.1) is 6.92 Å². The highest BCUT2D eigenvalue weighted by Gasteiger charge is 2.20. The number of sulfonamides is 1. The van der Waals surface area contributed by atoms with Crippen molar-refractivity contribution < 1.29 is 13.2 Å². The number of carbonyl (C=O) groups is 1. The Hall–Kier alpha value is -3.16. The van der Waals surface area contributed by atoms with E-state index in [4.69, 9.17) is 0 Å². The summed E-state index contributed by atoms with van der Waals surface area (Å²) in [6, 6.07) is 21.6. The van der Waals surface area contributed by atoms with Crippen LogP contribution in [-0.4, -0.2) is 32.3 Å². The third-order valence-corrected chi connectivity index (χ3v) is 7.44. The van der Waals surface area contributed by atoms with E-state index >= 15 is 0 Å². The smallest absolute Gasteiger partial charge is 0.262 e. The van der Waals surface area contributed by atoms with Gasteiger partial charge in [0.15, 0.2) is 0 Å². The molecule has 1 fully saturated rings. The number of anilines is 1. The Balaban J connectivity index is 1.47. The lowest BCUT2D eigenvalue weighted by Crippen LogP contribution is -2.25. The zero-order valence-electron chi connectivity index (χ0n) is 18.8. The molecule has 0 aromatic heterocycles. The summed E-state index contributed by atoms with van der Waals surface area (Å²) >= 11 is 0. The van der Waals surface area contributed by atoms with E-state index in [1.165, 1.54) is 24.5 Å². The van der Waals surface area contributed by atoms with Gasteiger partial charge in [0.2, 0.25) is 0 Å². The normalized spacial score (nSPS) is 14.2. The summed E-state index contributed by atoms with van der Waals surface area (Å²) in [5.41, 5.74) is 3.64. The molecule has 0 bridgehead atoms. The summed E-state index contributed by atoms with van der Waals surface area (Å²) in [6.07, 6.45) is 2.47. The van der Waals surface area contributed by atoms with Crippen LogP contribution in [0.15, 0.2) is 77.7 Å². The molecule has 2 N–H and O–H groups in total. The van der Waals surface area contributed by atoms with Crippen LogP contribution in [0.1, 0.15) is 39.9 Å². The summed E-state index contributed by atoms with van der Waals surface area (Å²) in [6.45, 7) is 5.21. The Morgan fingerprint density at radius 2 is 1.58 bits per heavy atom. The topological polar surface area (TPSA) is 78.5 Å². The van der Waals surface area contributed by atoms with E-state index in [9.17, 15) is 13.2 Å². The maximum absolute atomic E-state index is 12.9. The van der Waals surface area contributed by atoms with Gasteiger partial charge in [-0.25, -0.2) is 8.42 Å². The molecule has 172 valence electrons. The van der Waals surface area contributed by atoms with Crippen molar-refractivity contribution in [3.63, 3.8) is 0 Å². The average Bonchev–Trinajstić information content (AvgIpc) is 3.32. The lowest BCUT2D eigenvalue weighted by Gasteiger charge is -2.18. The van der Waals surface area contributed by atoms with Crippen molar-refractivity contribution in [1.82, 2.24) is 10.2 Å². The van der Waals surface area contributed by atoms with E-state index in [1.54, 1.807) is 43.3 Å². The van der Waals surface area contributed by atoms with Crippen LogP contribution in [0.4, 0.5) is 5.69 Å². The van der Waals surface area contributed by atoms with Crippen LogP contribution in [0.2, 0.25) is 0 Å². The van der Waals surface area contributed by atoms with Crippen LogP contribution in [0.25, 0.3) is 0 Å². The number of para-hydroxylation sites is 1. The van der Waals surface area contributed by atoms with Gasteiger partial charge in [-0.2, -0.15) is 0 Å². The van der Waals surface area contributed by atoms with E-state index < -0.39 is 10.0 Å². The number of benzene rings is 3. The summed E-state index contributed by atoms with van der Waals surface area (Å²) < 4.78 is 28.5. The Morgan fingerprint density at radius 3 is 2.30 bits per heavy atom. The Morgan fingerprint density at radius 1 is 0.909 bits per heavy atom. The van der Waals surface area contributed by atoms with E-state index in [2.05, 4.69) is 21.0 Å². The number of aryl methyl sites for hydroxylation is 1. The van der Waals surface area contributed by atoms with Crippen LogP contribution in [0.3, 0.4) is 0 Å². The molecule has 1 amide bonds. The van der Waals surface area contributed by atoms with Gasteiger partial charge >= 0.3 is 0 Å². The van der Waals surface area contributed by atoms with E-state index in [0.29, 0.717) is 23.4 Å². The summed E-state index contributed by atoms with van der Waals surface area (Å²) in [5.74, 6) is -0.304. The third-order valence-electron chi connectivity index (χ3n) is 5.92. The molecule has 1 saturated heterocycles. The van der Waals surface area contributed by atoms with E-state index in [0.717, 1.165) is 25.2 Å². The molecule has 3 aromatic carbocycles. The number of rotatable bonds is 8. The van der Waals surface area contributed by atoms with Gasteiger partial charge in [-0.15, -0.1) is 0 Å². The highest BCUT2D eigenvalue weighted by molar-refractivity contribution is 7.92. The summed E-state index contributed by atoms with van der Waals surface area (Å²) in [4.78, 5) is 15.4. The number of hydrogen-bond acceptors (Lipinski definition) is 4. The number of hydrogen-bond donors (Lipinski definition) is 2. The number of likely N-dealkylation sites (tertiary alicyclic amines) is 1. The Bertz CT molecular complexity index is 1220. The molecule has 4 rings (SSSR count). The monoisotopic (exact) mass is 463 g/mol. The molecule has 3 aromatic rings. The molecular formula is C26H29N3O3S. The predicted molar refractivity (Wildman–Crippen MR) is 131 cm³/mol. The van der Waals surface area contributed by atoms with Crippen molar-refractivity contribution >= 4 is 21.6 Å². The van der Waals surface area contributed by atoms with Gasteiger partial charge in [0.1, 0.15) is 0 Å². The second-order valence-corrected chi connectivity index (χ2v) is 10.0. The van der Waals surface area contributed by atoms with Crippen LogP contribution < -0.4 is 10.0 Å². The van der Waals surface area contributed by atoms with Gasteiger partial charge < -0.3 is 5.32 Å². The van der Waals surface area contributed by atoms with E-state index in [-0.39, 0.29) is 10.8 Å². The Labute approximate surface area is 195 Å². The fourth-order valence-electron chi connectivity index (χ4n) is 4.09. The predicted octanol–water partition coefficient (Wildman–Crippen LogP) is 4.32. The lowest BCUT2D eigenvalue weighted by atomic mass is 10.1. The molecule has 0 saturated carbocycles. The third kappa shape index (κ3) is 5.80. The largest absolute Gasteiger partial charge is 0.348 e. The highest BCUT2D eigenvalue weighted by atomic mass is 32.2. The maximum atomic E-state index is 12.9. The first kappa shape index (κ1) is 23.0. The standard InChI is InChI=1S/C26H29N3O3S/c1-20-13-14-21(17-25(20)33(31,32)28-24-11-3-2-4-12-24)26(30)27-18-22-9-5-6-10-23(22)19-29-15-7-8-16-29/h2-6,9-14,17,28H,7-8,15-16,18-19H2,1H3,(H,27,30). The molecule has 0 atom stereocenters. The maximum Gasteiger partial charge on any atom is 0.262 e. The van der Waals surface area contributed by atoms with Crippen molar-refractivity contribution in [2.45, 2.75) is 37.8 Å². The molecule has 33 heavy (non-hydrogen) atoms. The first-order valence-electron chi connectivity index (χ1n) is 11.2. The number of nitrogens with one attached hydrogen (secondary N) is 2. The summed E-state index contributed by atoms with van der Waals surface area (Å²) in [7, 11) is -3.82. The highest BCUT2D eigenvalue weighted by Crippen LogP contribution is 2.21. The van der Waals surface area contributed by atoms with Crippen LogP contribution in [-0.2, 0) is 23.1 Å². The number of nitrogens with zero attached hydrogens (tertiary/aromatic N) is 1. The minimum absolute atomic E-state index is 0.0911. The molecule has 0 spiro atoms. The van der Waals surface area contributed by atoms with Gasteiger partial charge in [0.25, 0.3) is 15.9 Å². The van der Waals surface area contributed by atoms with Crippen molar-refractivity contribution in [3.05, 3.63) is 95.1 Å². The first-order valence-corrected chi connectivity index (χ1v) is 12.7. The van der Waals surface area contributed by atoms with Gasteiger partial charge in [-0.05, 0) is 73.8 Å². The van der Waals surface area contributed by atoms with Crippen molar-refractivity contribution in [3.8, 4) is 0 Å². The average molecular weight is 464 g/mol. The molecule has 7 heteroatoms. The van der Waals surface area contributed by atoms with Gasteiger partial charge in [0, 0.05) is 24.3 Å². The lowest BCUT2D eigenvalue weighted by molar-refractivity contribution is 0.0950. The molecule has 0 unspecified atom stereocenters. The van der Waals surface area contributed by atoms with Gasteiger partial charge in [-0.1, -0.05) is 48.5 Å². The molecule has 6 nitrogen and oxygen atoms in total. The zero-order chi connectivity index (χ0) is 23.3. The van der Waals surface area contributed by atoms with Crippen molar-refractivity contribution in [1.29, 1.82) is 0 Å². The second-order valence-electron chi connectivity index (χ2n) is 8.39. The summed E-state index contributed by atoms with van der Waals surface area (Å²) in [5, 5.41) is 2.96. The van der Waals surface area contributed by atoms with Gasteiger partial charge in [0.05, 0.1) is 4.90 Å². The second kappa shape index (κ2) is 10.2. The minimum Gasteiger partial charge on any atom is -0.348 e. The molecule has 0 radical (unpaired) electrons. The minimum atomic E-state index is -3.82. The van der Waals surface area contributed by atoms with Gasteiger partial charge in [-0.3, -0.25) is 14.4 Å². The number of amides is 1. The molecule has 1 aliphatic heterocycles. The fourth-order valence-corrected chi connectivity index (χ4v) is 5.42. The molecule has 1 heterocycles. The first-order chi connectivity index (χ1) is 15.9. The number of carbonyl (C=O) groups excluding carboxylic acids is 1. The molecular weight excluding hydrogens is 434 g/mol. The Kier molecular flexibility index (Phi) is 7.11. The molecule has 1 aliphatic rings. The quantitative estimate of drug-likeness (QED) is 0.521. The molecule has 0 aliphatic carbocycles. The van der Waals surface area contributed by atoms with Crippen molar-refractivity contribution in [2.24, 2.45) is 0 Å². The van der Waals surface area contributed by atoms with Crippen LogP contribution in [0.5, 0.6) is 0 Å². The SMILES string of the molecule is Cc1ccc(C(=O)NCc2ccccc2CN2CCCC2)cc1S(=O)(=O)Nc1ccccc1. The van der Waals surface area contributed by atoms with Crippen LogP contribution >= 0.6 is 0 Å². The van der Waals surface area contributed by atoms with E-state index in [1.807, 2.05) is 24.3 Å². The zero-order valence-corrected chi connectivity index (χ0v) is 19.6.